The number of hydrogen-bond acceptors (Lipinski definition) is 6. The maximum Gasteiger partial charge on any atom is 0.416 e. The number of nitrogens with one attached hydrogen (secondary N) is 1. The lowest BCUT2D eigenvalue weighted by Crippen LogP contribution is -2.40. The fourth-order valence-electron chi connectivity index (χ4n) is 4.18. The number of halogens is 4. The second-order valence-corrected chi connectivity index (χ2v) is 10.4. The van der Waals surface area contributed by atoms with E-state index in [-0.39, 0.29) is 37.3 Å². The Morgan fingerprint density at radius 1 is 1.26 bits per heavy atom. The van der Waals surface area contributed by atoms with Crippen molar-refractivity contribution in [2.24, 2.45) is 15.9 Å². The molecular formula is C22H29F4N5O3S. The lowest BCUT2D eigenvalue weighted by molar-refractivity contribution is -0.137. The van der Waals surface area contributed by atoms with E-state index in [0.717, 1.165) is 18.4 Å². The van der Waals surface area contributed by atoms with Gasteiger partial charge in [-0.3, -0.25) is 4.99 Å². The lowest BCUT2D eigenvalue weighted by Gasteiger charge is -2.37. The zero-order valence-corrected chi connectivity index (χ0v) is 20.4. The Morgan fingerprint density at radius 2 is 1.94 bits per heavy atom. The smallest absolute Gasteiger partial charge is 0.377 e. The van der Waals surface area contributed by atoms with Crippen molar-refractivity contribution in [3.63, 3.8) is 0 Å². The summed E-state index contributed by atoms with van der Waals surface area (Å²) in [7, 11) is -1.87. The zero-order valence-electron chi connectivity index (χ0n) is 19.6. The van der Waals surface area contributed by atoms with Crippen molar-refractivity contribution in [3.05, 3.63) is 47.0 Å². The number of alkyl halides is 3. The van der Waals surface area contributed by atoms with Crippen LogP contribution < -0.4 is 5.32 Å². The van der Waals surface area contributed by atoms with E-state index in [1.807, 2.05) is 0 Å². The number of sulfonamides is 1. The maximum absolute atomic E-state index is 15.6. The highest BCUT2D eigenvalue weighted by atomic mass is 32.2. The first-order chi connectivity index (χ1) is 16.5. The lowest BCUT2D eigenvalue weighted by atomic mass is 10.0. The molecule has 3 rings (SSSR count). The third kappa shape index (κ3) is 6.58. The van der Waals surface area contributed by atoms with E-state index < -0.39 is 33.6 Å². The van der Waals surface area contributed by atoms with Crippen LogP contribution in [-0.4, -0.2) is 82.9 Å². The third-order valence-corrected chi connectivity index (χ3v) is 7.35. The second-order valence-electron chi connectivity index (χ2n) is 8.43. The van der Waals surface area contributed by atoms with Crippen LogP contribution in [-0.2, 0) is 20.9 Å². The van der Waals surface area contributed by atoms with E-state index in [4.69, 9.17) is 4.74 Å². The summed E-state index contributed by atoms with van der Waals surface area (Å²) in [6.45, 7) is 5.19. The SMILES string of the molecule is C=N/C(=C(F)\C(=N/C)NCC1CCN(S(C)(=O)=O)C1)N1CCOCC1c1ccc(C(F)(F)F)cc1. The molecule has 0 radical (unpaired) electrons. The molecule has 2 aliphatic heterocycles. The molecule has 0 spiro atoms. The van der Waals surface area contributed by atoms with Crippen LogP contribution in [0, 0.1) is 5.92 Å². The highest BCUT2D eigenvalue weighted by molar-refractivity contribution is 7.88. The van der Waals surface area contributed by atoms with Gasteiger partial charge in [0.15, 0.2) is 11.7 Å². The fraction of sp³-hybridized carbons (Fsp3) is 0.545. The number of aliphatic imine (C=N–C) groups is 2. The first-order valence-corrected chi connectivity index (χ1v) is 12.8. The Balaban J connectivity index is 1.78. The molecule has 35 heavy (non-hydrogen) atoms. The van der Waals surface area contributed by atoms with Gasteiger partial charge in [-0.15, -0.1) is 0 Å². The maximum atomic E-state index is 15.6. The number of nitrogens with zero attached hydrogens (tertiary/aromatic N) is 4. The Bertz CT molecular complexity index is 1070. The van der Waals surface area contributed by atoms with E-state index >= 15 is 4.39 Å². The minimum atomic E-state index is -4.46. The number of morpholine rings is 1. The number of benzene rings is 1. The van der Waals surface area contributed by atoms with Crippen molar-refractivity contribution in [2.45, 2.75) is 18.6 Å². The Labute approximate surface area is 202 Å². The quantitative estimate of drug-likeness (QED) is 0.340. The Hall–Kier alpha value is -2.51. The molecule has 2 fully saturated rings. The van der Waals surface area contributed by atoms with Crippen LogP contribution in [0.4, 0.5) is 17.6 Å². The normalized spacial score (nSPS) is 23.3. The molecule has 2 atom stereocenters. The van der Waals surface area contributed by atoms with Crippen LogP contribution in [0.5, 0.6) is 0 Å². The van der Waals surface area contributed by atoms with Gasteiger partial charge >= 0.3 is 6.18 Å². The minimum Gasteiger partial charge on any atom is -0.377 e. The van der Waals surface area contributed by atoms with Crippen LogP contribution in [0.15, 0.2) is 45.9 Å². The van der Waals surface area contributed by atoms with Gasteiger partial charge in [0.1, 0.15) is 0 Å². The summed E-state index contributed by atoms with van der Waals surface area (Å²) in [6, 6.07) is 4.06. The highest BCUT2D eigenvalue weighted by Crippen LogP contribution is 2.33. The number of ether oxygens (including phenoxy) is 1. The van der Waals surface area contributed by atoms with Crippen molar-refractivity contribution >= 4 is 22.6 Å². The molecule has 0 amide bonds. The monoisotopic (exact) mass is 519 g/mol. The van der Waals surface area contributed by atoms with Gasteiger partial charge in [0.25, 0.3) is 0 Å². The summed E-state index contributed by atoms with van der Waals surface area (Å²) in [5, 5.41) is 2.94. The first kappa shape index (κ1) is 27.1. The highest BCUT2D eigenvalue weighted by Gasteiger charge is 2.33. The standard InChI is InChI=1S/C22H29F4N5O3S/c1-27-20(29-12-15-8-9-30(13-15)35(3,32)33)19(23)21(28-2)31-10-11-34-14-18(31)16-4-6-17(7-5-16)22(24,25)26/h4-7,15,18H,2,8-14H2,1,3H3,(H,27,29)/b21-19-. The van der Waals surface area contributed by atoms with Crippen molar-refractivity contribution in [3.8, 4) is 0 Å². The molecule has 13 heteroatoms. The molecule has 194 valence electrons. The van der Waals surface area contributed by atoms with Gasteiger partial charge < -0.3 is 15.0 Å². The van der Waals surface area contributed by atoms with Crippen molar-refractivity contribution in [2.75, 3.05) is 52.7 Å². The van der Waals surface area contributed by atoms with Crippen molar-refractivity contribution in [1.29, 1.82) is 0 Å². The summed E-state index contributed by atoms with van der Waals surface area (Å²) in [5.41, 5.74) is -0.263. The molecule has 1 N–H and O–H groups in total. The summed E-state index contributed by atoms with van der Waals surface area (Å²) in [5.74, 6) is -0.949. The topological polar surface area (TPSA) is 86.6 Å². The van der Waals surface area contributed by atoms with Gasteiger partial charge in [0.2, 0.25) is 15.9 Å². The average molecular weight is 520 g/mol. The average Bonchev–Trinajstić information content (AvgIpc) is 3.30. The zero-order chi connectivity index (χ0) is 25.8. The Kier molecular flexibility index (Phi) is 8.54. The molecule has 2 heterocycles. The molecule has 0 aromatic heterocycles. The van der Waals surface area contributed by atoms with E-state index in [1.54, 1.807) is 4.90 Å². The van der Waals surface area contributed by atoms with E-state index in [9.17, 15) is 21.6 Å². The molecule has 0 saturated carbocycles. The predicted molar refractivity (Wildman–Crippen MR) is 125 cm³/mol. The van der Waals surface area contributed by atoms with E-state index in [0.29, 0.717) is 31.6 Å². The van der Waals surface area contributed by atoms with Crippen LogP contribution in [0.2, 0.25) is 0 Å². The van der Waals surface area contributed by atoms with E-state index in [2.05, 4.69) is 22.0 Å². The van der Waals surface area contributed by atoms with Crippen LogP contribution in [0.1, 0.15) is 23.6 Å². The molecule has 1 aromatic rings. The molecular weight excluding hydrogens is 490 g/mol. The van der Waals surface area contributed by atoms with Gasteiger partial charge in [0.05, 0.1) is 31.1 Å². The molecule has 0 aliphatic carbocycles. The van der Waals surface area contributed by atoms with Crippen molar-refractivity contribution in [1.82, 2.24) is 14.5 Å². The fourth-order valence-corrected chi connectivity index (χ4v) is 5.10. The molecule has 8 nitrogen and oxygen atoms in total. The number of amidine groups is 1. The van der Waals surface area contributed by atoms with Crippen LogP contribution in [0.3, 0.4) is 0 Å². The molecule has 2 unspecified atom stereocenters. The summed E-state index contributed by atoms with van der Waals surface area (Å²) >= 11 is 0. The minimum absolute atomic E-state index is 0.0160. The first-order valence-electron chi connectivity index (χ1n) is 11.0. The number of hydrogen-bond donors (Lipinski definition) is 1. The van der Waals surface area contributed by atoms with Gasteiger partial charge in [-0.2, -0.15) is 17.6 Å². The van der Waals surface area contributed by atoms with Gasteiger partial charge in [-0.25, -0.2) is 17.7 Å². The molecule has 2 saturated heterocycles. The molecule has 0 bridgehead atoms. The summed E-state index contributed by atoms with van der Waals surface area (Å²) in [4.78, 5) is 9.46. The third-order valence-electron chi connectivity index (χ3n) is 6.08. The molecule has 1 aromatic carbocycles. The summed E-state index contributed by atoms with van der Waals surface area (Å²) < 4.78 is 84.8. The van der Waals surface area contributed by atoms with Crippen molar-refractivity contribution < 1.29 is 30.7 Å². The predicted octanol–water partition coefficient (Wildman–Crippen LogP) is 2.82. The molecule has 2 aliphatic rings. The number of rotatable bonds is 7. The largest absolute Gasteiger partial charge is 0.416 e. The van der Waals surface area contributed by atoms with E-state index in [1.165, 1.54) is 23.5 Å². The van der Waals surface area contributed by atoms with Crippen LogP contribution in [0.25, 0.3) is 0 Å². The Morgan fingerprint density at radius 3 is 2.49 bits per heavy atom. The summed E-state index contributed by atoms with van der Waals surface area (Å²) in [6.07, 6.45) is -2.67. The van der Waals surface area contributed by atoms with Gasteiger partial charge in [0, 0.05) is 33.2 Å². The van der Waals surface area contributed by atoms with Crippen LogP contribution >= 0.6 is 0 Å². The van der Waals surface area contributed by atoms with Gasteiger partial charge in [-0.05, 0) is 36.8 Å². The van der Waals surface area contributed by atoms with Gasteiger partial charge in [-0.1, -0.05) is 12.1 Å². The second kappa shape index (κ2) is 11.0.